The first-order valence-electron chi connectivity index (χ1n) is 5.15. The molecular formula is C12H17NO. The van der Waals surface area contributed by atoms with Crippen molar-refractivity contribution < 1.29 is 4.42 Å². The first-order chi connectivity index (χ1) is 6.79. The number of aromatic nitrogens is 1. The van der Waals surface area contributed by atoms with Gasteiger partial charge in [0, 0.05) is 6.42 Å². The summed E-state index contributed by atoms with van der Waals surface area (Å²) in [4.78, 5) is 4.33. The van der Waals surface area contributed by atoms with E-state index < -0.39 is 0 Å². The van der Waals surface area contributed by atoms with E-state index in [2.05, 4.69) is 11.9 Å². The van der Waals surface area contributed by atoms with E-state index in [4.69, 9.17) is 4.42 Å². The number of rotatable bonds is 1. The summed E-state index contributed by atoms with van der Waals surface area (Å²) in [5.74, 6) is 0.815. The van der Waals surface area contributed by atoms with E-state index >= 15 is 0 Å². The van der Waals surface area contributed by atoms with Crippen molar-refractivity contribution in [2.45, 2.75) is 34.1 Å². The summed E-state index contributed by atoms with van der Waals surface area (Å²) in [5.41, 5.74) is 3.07. The molecule has 0 aliphatic rings. The van der Waals surface area contributed by atoms with Crippen LogP contribution in [0, 0.1) is 6.92 Å². The molecule has 2 rings (SSSR count). The average molecular weight is 191 g/mol. The maximum Gasteiger partial charge on any atom is 0.195 e. The molecule has 0 amide bonds. The topological polar surface area (TPSA) is 26.0 Å². The minimum atomic E-state index is 0.815. The zero-order valence-electron chi connectivity index (χ0n) is 9.29. The Bertz CT molecular complexity index is 404. The molecule has 1 aromatic heterocycles. The van der Waals surface area contributed by atoms with Crippen LogP contribution in [0.4, 0.5) is 0 Å². The highest BCUT2D eigenvalue weighted by Crippen LogP contribution is 2.16. The molecule has 0 unspecified atom stereocenters. The van der Waals surface area contributed by atoms with Gasteiger partial charge < -0.3 is 4.42 Å². The SMILES string of the molecule is CC.CCc1nc2cc(C)ccc2o1. The van der Waals surface area contributed by atoms with Gasteiger partial charge in [-0.2, -0.15) is 0 Å². The second kappa shape index (κ2) is 4.80. The smallest absolute Gasteiger partial charge is 0.195 e. The van der Waals surface area contributed by atoms with Crippen LogP contribution < -0.4 is 0 Å². The largest absolute Gasteiger partial charge is 0.441 e. The maximum absolute atomic E-state index is 5.46. The zero-order chi connectivity index (χ0) is 10.6. The Morgan fingerprint density at radius 2 is 2.00 bits per heavy atom. The Kier molecular flexibility index (Phi) is 3.69. The minimum Gasteiger partial charge on any atom is -0.441 e. The molecule has 0 saturated carbocycles. The molecule has 1 aromatic carbocycles. The Labute approximate surface area is 85.0 Å². The summed E-state index contributed by atoms with van der Waals surface area (Å²) in [6.45, 7) is 8.09. The summed E-state index contributed by atoms with van der Waals surface area (Å²) in [5, 5.41) is 0. The van der Waals surface area contributed by atoms with Crippen LogP contribution in [-0.2, 0) is 6.42 Å². The number of benzene rings is 1. The monoisotopic (exact) mass is 191 g/mol. The molecule has 0 spiro atoms. The van der Waals surface area contributed by atoms with Crippen molar-refractivity contribution in [3.8, 4) is 0 Å². The molecule has 1 heterocycles. The third kappa shape index (κ3) is 2.13. The standard InChI is InChI=1S/C10H11NO.C2H6/c1-3-10-11-8-6-7(2)4-5-9(8)12-10;1-2/h4-6H,3H2,1-2H3;1-2H3. The lowest BCUT2D eigenvalue weighted by molar-refractivity contribution is 0.538. The van der Waals surface area contributed by atoms with Gasteiger partial charge in [-0.15, -0.1) is 0 Å². The van der Waals surface area contributed by atoms with Crippen LogP contribution in [0.3, 0.4) is 0 Å². The Balaban J connectivity index is 0.000000461. The molecular weight excluding hydrogens is 174 g/mol. The number of fused-ring (bicyclic) bond motifs is 1. The molecule has 0 aliphatic heterocycles. The van der Waals surface area contributed by atoms with Gasteiger partial charge in [0.15, 0.2) is 11.5 Å². The van der Waals surface area contributed by atoms with Crippen molar-refractivity contribution >= 4 is 11.1 Å². The van der Waals surface area contributed by atoms with Gasteiger partial charge >= 0.3 is 0 Å². The minimum absolute atomic E-state index is 0.815. The number of hydrogen-bond donors (Lipinski definition) is 0. The van der Waals surface area contributed by atoms with E-state index in [1.54, 1.807) is 0 Å². The Morgan fingerprint density at radius 1 is 1.29 bits per heavy atom. The van der Waals surface area contributed by atoms with Gasteiger partial charge in [-0.05, 0) is 24.6 Å². The van der Waals surface area contributed by atoms with Crippen molar-refractivity contribution in [1.29, 1.82) is 0 Å². The van der Waals surface area contributed by atoms with E-state index in [1.807, 2.05) is 39.0 Å². The molecule has 0 N–H and O–H groups in total. The summed E-state index contributed by atoms with van der Waals surface area (Å²) < 4.78 is 5.46. The van der Waals surface area contributed by atoms with Gasteiger partial charge in [-0.1, -0.05) is 26.8 Å². The number of hydrogen-bond acceptors (Lipinski definition) is 2. The normalized spacial score (nSPS) is 9.71. The molecule has 0 saturated heterocycles. The van der Waals surface area contributed by atoms with E-state index in [0.717, 1.165) is 23.4 Å². The van der Waals surface area contributed by atoms with Crippen LogP contribution in [0.2, 0.25) is 0 Å². The van der Waals surface area contributed by atoms with Crippen LogP contribution in [0.15, 0.2) is 22.6 Å². The van der Waals surface area contributed by atoms with Crippen LogP contribution in [0.25, 0.3) is 11.1 Å². The lowest BCUT2D eigenvalue weighted by atomic mass is 10.2. The predicted molar refractivity (Wildman–Crippen MR) is 59.5 cm³/mol. The van der Waals surface area contributed by atoms with Crippen LogP contribution in [-0.4, -0.2) is 4.98 Å². The molecule has 76 valence electrons. The predicted octanol–water partition coefficient (Wildman–Crippen LogP) is 3.72. The summed E-state index contributed by atoms with van der Waals surface area (Å²) in [6.07, 6.45) is 0.855. The molecule has 2 aromatic rings. The molecule has 2 heteroatoms. The Hall–Kier alpha value is -1.31. The number of aryl methyl sites for hydroxylation is 2. The summed E-state index contributed by atoms with van der Waals surface area (Å²) in [6, 6.07) is 6.04. The molecule has 0 atom stereocenters. The fraction of sp³-hybridized carbons (Fsp3) is 0.417. The quantitative estimate of drug-likeness (QED) is 0.686. The van der Waals surface area contributed by atoms with Gasteiger partial charge in [-0.3, -0.25) is 0 Å². The first-order valence-corrected chi connectivity index (χ1v) is 5.15. The van der Waals surface area contributed by atoms with Gasteiger partial charge in [-0.25, -0.2) is 4.98 Å². The van der Waals surface area contributed by atoms with E-state index in [9.17, 15) is 0 Å². The third-order valence-electron chi connectivity index (χ3n) is 1.89. The summed E-state index contributed by atoms with van der Waals surface area (Å²) >= 11 is 0. The van der Waals surface area contributed by atoms with Crippen molar-refractivity contribution in [1.82, 2.24) is 4.98 Å². The average Bonchev–Trinajstić information content (AvgIpc) is 2.62. The first kappa shape index (κ1) is 10.8. The van der Waals surface area contributed by atoms with Gasteiger partial charge in [0.25, 0.3) is 0 Å². The molecule has 0 aliphatic carbocycles. The van der Waals surface area contributed by atoms with Crippen LogP contribution >= 0.6 is 0 Å². The van der Waals surface area contributed by atoms with Crippen molar-refractivity contribution in [3.05, 3.63) is 29.7 Å². The second-order valence-corrected chi connectivity index (χ2v) is 2.93. The van der Waals surface area contributed by atoms with Crippen molar-refractivity contribution in [2.24, 2.45) is 0 Å². The summed E-state index contributed by atoms with van der Waals surface area (Å²) in [7, 11) is 0. The highest BCUT2D eigenvalue weighted by Gasteiger charge is 2.02. The molecule has 2 nitrogen and oxygen atoms in total. The van der Waals surface area contributed by atoms with Crippen LogP contribution in [0.1, 0.15) is 32.2 Å². The van der Waals surface area contributed by atoms with Crippen molar-refractivity contribution in [2.75, 3.05) is 0 Å². The molecule has 14 heavy (non-hydrogen) atoms. The number of oxazole rings is 1. The van der Waals surface area contributed by atoms with E-state index in [0.29, 0.717) is 0 Å². The lowest BCUT2D eigenvalue weighted by Gasteiger charge is -1.87. The lowest BCUT2D eigenvalue weighted by Crippen LogP contribution is -1.75. The third-order valence-corrected chi connectivity index (χ3v) is 1.89. The fourth-order valence-corrected chi connectivity index (χ4v) is 1.24. The fourth-order valence-electron chi connectivity index (χ4n) is 1.24. The Morgan fingerprint density at radius 3 is 2.64 bits per heavy atom. The van der Waals surface area contributed by atoms with Gasteiger partial charge in [0.05, 0.1) is 0 Å². The number of nitrogens with zero attached hydrogens (tertiary/aromatic N) is 1. The van der Waals surface area contributed by atoms with Crippen molar-refractivity contribution in [3.63, 3.8) is 0 Å². The van der Waals surface area contributed by atoms with E-state index in [1.165, 1.54) is 5.56 Å². The molecule has 0 bridgehead atoms. The highest BCUT2D eigenvalue weighted by atomic mass is 16.3. The maximum atomic E-state index is 5.46. The zero-order valence-corrected chi connectivity index (χ0v) is 9.29. The van der Waals surface area contributed by atoms with Crippen LogP contribution in [0.5, 0.6) is 0 Å². The highest BCUT2D eigenvalue weighted by molar-refractivity contribution is 5.73. The van der Waals surface area contributed by atoms with Gasteiger partial charge in [0.1, 0.15) is 5.52 Å². The van der Waals surface area contributed by atoms with E-state index in [-0.39, 0.29) is 0 Å². The van der Waals surface area contributed by atoms with Gasteiger partial charge in [0.2, 0.25) is 0 Å². The molecule has 0 radical (unpaired) electrons. The molecule has 0 fully saturated rings. The second-order valence-electron chi connectivity index (χ2n) is 2.93.